The monoisotopic (exact) mass is 326 g/mol. The van der Waals surface area contributed by atoms with Gasteiger partial charge in [-0.05, 0) is 44.4 Å². The molecule has 1 amide bonds. The first-order valence-electron chi connectivity index (χ1n) is 7.62. The van der Waals surface area contributed by atoms with Crippen LogP contribution in [0.2, 0.25) is 5.02 Å². The molecule has 0 aromatic heterocycles. The second-order valence-electron chi connectivity index (χ2n) is 5.43. The normalized spacial score (nSPS) is 20.7. The average Bonchev–Trinajstić information content (AvgIpc) is 2.96. The molecule has 122 valence electrons. The standard InChI is InChI=1S/C16H23ClN2O3/c1-3-22-15-12(17)7-11(8-14(15)21-2)16(20)19-13-6-4-5-10(13)9-18/h7-8,10,13H,3-6,9,18H2,1-2H3,(H,19,20). The SMILES string of the molecule is CCOc1c(Cl)cc(C(=O)NC2CCCC2CN)cc1OC. The maximum Gasteiger partial charge on any atom is 0.251 e. The molecule has 0 bridgehead atoms. The zero-order chi connectivity index (χ0) is 16.1. The van der Waals surface area contributed by atoms with Gasteiger partial charge >= 0.3 is 0 Å². The molecule has 1 aromatic carbocycles. The predicted octanol–water partition coefficient (Wildman–Crippen LogP) is 2.60. The van der Waals surface area contributed by atoms with Gasteiger partial charge in [0.1, 0.15) is 0 Å². The predicted molar refractivity (Wildman–Crippen MR) is 86.8 cm³/mol. The van der Waals surface area contributed by atoms with Crippen LogP contribution in [0.15, 0.2) is 12.1 Å². The van der Waals surface area contributed by atoms with Gasteiger partial charge in [-0.25, -0.2) is 0 Å². The molecule has 0 aliphatic heterocycles. The number of carbonyl (C=O) groups is 1. The van der Waals surface area contributed by atoms with Gasteiger partial charge in [-0.2, -0.15) is 0 Å². The van der Waals surface area contributed by atoms with Crippen molar-refractivity contribution in [3.8, 4) is 11.5 Å². The molecule has 5 nitrogen and oxygen atoms in total. The van der Waals surface area contributed by atoms with Gasteiger partial charge in [-0.1, -0.05) is 18.0 Å². The van der Waals surface area contributed by atoms with Gasteiger partial charge in [0.15, 0.2) is 11.5 Å². The van der Waals surface area contributed by atoms with Crippen LogP contribution in [0.5, 0.6) is 11.5 Å². The van der Waals surface area contributed by atoms with Crippen molar-refractivity contribution in [1.82, 2.24) is 5.32 Å². The Morgan fingerprint density at radius 2 is 2.23 bits per heavy atom. The number of amides is 1. The fourth-order valence-electron chi connectivity index (χ4n) is 2.90. The summed E-state index contributed by atoms with van der Waals surface area (Å²) in [7, 11) is 1.53. The Bertz CT molecular complexity index is 536. The highest BCUT2D eigenvalue weighted by Crippen LogP contribution is 2.36. The molecule has 1 aromatic rings. The smallest absolute Gasteiger partial charge is 0.251 e. The summed E-state index contributed by atoms with van der Waals surface area (Å²) in [6, 6.07) is 3.39. The molecule has 1 aliphatic rings. The molecule has 1 fully saturated rings. The van der Waals surface area contributed by atoms with E-state index in [1.807, 2.05) is 6.92 Å². The highest BCUT2D eigenvalue weighted by atomic mass is 35.5. The van der Waals surface area contributed by atoms with E-state index in [9.17, 15) is 4.79 Å². The van der Waals surface area contributed by atoms with E-state index < -0.39 is 0 Å². The molecule has 6 heteroatoms. The number of ether oxygens (including phenoxy) is 2. The van der Waals surface area contributed by atoms with Crippen LogP contribution in [0.1, 0.15) is 36.5 Å². The highest BCUT2D eigenvalue weighted by Gasteiger charge is 2.28. The molecule has 3 N–H and O–H groups in total. The molecule has 1 saturated carbocycles. The largest absolute Gasteiger partial charge is 0.493 e. The van der Waals surface area contributed by atoms with Gasteiger partial charge in [0.05, 0.1) is 18.7 Å². The zero-order valence-electron chi connectivity index (χ0n) is 13.0. The number of benzene rings is 1. The van der Waals surface area contributed by atoms with E-state index in [0.717, 1.165) is 19.3 Å². The zero-order valence-corrected chi connectivity index (χ0v) is 13.8. The number of nitrogens with one attached hydrogen (secondary N) is 1. The second kappa shape index (κ2) is 7.70. The lowest BCUT2D eigenvalue weighted by Gasteiger charge is -2.20. The lowest BCUT2D eigenvalue weighted by atomic mass is 10.0. The fourth-order valence-corrected chi connectivity index (χ4v) is 3.16. The van der Waals surface area contributed by atoms with Crippen LogP contribution in [0, 0.1) is 5.92 Å². The summed E-state index contributed by atoms with van der Waals surface area (Å²) in [4.78, 5) is 12.4. The van der Waals surface area contributed by atoms with Crippen molar-refractivity contribution in [1.29, 1.82) is 0 Å². The molecule has 1 aliphatic carbocycles. The molecule has 0 saturated heterocycles. The van der Waals surface area contributed by atoms with Crippen LogP contribution in [0.4, 0.5) is 0 Å². The lowest BCUT2D eigenvalue weighted by Crippen LogP contribution is -2.39. The first-order chi connectivity index (χ1) is 10.6. The van der Waals surface area contributed by atoms with Crippen LogP contribution in [0.25, 0.3) is 0 Å². The Labute approximate surface area is 136 Å². The first kappa shape index (κ1) is 16.9. The summed E-state index contributed by atoms with van der Waals surface area (Å²) in [5, 5.41) is 3.42. The van der Waals surface area contributed by atoms with Crippen molar-refractivity contribution >= 4 is 17.5 Å². The van der Waals surface area contributed by atoms with Crippen LogP contribution in [-0.4, -0.2) is 32.2 Å². The lowest BCUT2D eigenvalue weighted by molar-refractivity contribution is 0.0928. The quantitative estimate of drug-likeness (QED) is 0.842. The molecule has 2 unspecified atom stereocenters. The number of nitrogens with two attached hydrogens (primary N) is 1. The Morgan fingerprint density at radius 1 is 1.45 bits per heavy atom. The third kappa shape index (κ3) is 3.65. The van der Waals surface area contributed by atoms with E-state index >= 15 is 0 Å². The summed E-state index contributed by atoms with van der Waals surface area (Å²) in [6.45, 7) is 2.93. The van der Waals surface area contributed by atoms with Crippen molar-refractivity contribution in [3.05, 3.63) is 22.7 Å². The molecule has 2 rings (SSSR count). The van der Waals surface area contributed by atoms with Gasteiger partial charge in [0.25, 0.3) is 5.91 Å². The molecular weight excluding hydrogens is 304 g/mol. The molecule has 22 heavy (non-hydrogen) atoms. The van der Waals surface area contributed by atoms with Crippen LogP contribution < -0.4 is 20.5 Å². The van der Waals surface area contributed by atoms with Crippen LogP contribution in [0.3, 0.4) is 0 Å². The first-order valence-corrected chi connectivity index (χ1v) is 7.99. The van der Waals surface area contributed by atoms with Crippen molar-refractivity contribution in [3.63, 3.8) is 0 Å². The van der Waals surface area contributed by atoms with Crippen LogP contribution in [-0.2, 0) is 0 Å². The minimum Gasteiger partial charge on any atom is -0.493 e. The van der Waals surface area contributed by atoms with E-state index in [1.165, 1.54) is 7.11 Å². The molecule has 2 atom stereocenters. The van der Waals surface area contributed by atoms with Crippen molar-refractivity contribution in [2.24, 2.45) is 11.7 Å². The third-order valence-electron chi connectivity index (χ3n) is 4.06. The number of rotatable bonds is 6. The maximum absolute atomic E-state index is 12.4. The molecule has 0 spiro atoms. The summed E-state index contributed by atoms with van der Waals surface area (Å²) >= 11 is 6.20. The summed E-state index contributed by atoms with van der Waals surface area (Å²) in [6.07, 6.45) is 3.13. The highest BCUT2D eigenvalue weighted by molar-refractivity contribution is 6.32. The maximum atomic E-state index is 12.4. The minimum atomic E-state index is -0.159. The minimum absolute atomic E-state index is 0.133. The van der Waals surface area contributed by atoms with E-state index in [1.54, 1.807) is 12.1 Å². The number of hydrogen-bond donors (Lipinski definition) is 2. The summed E-state index contributed by atoms with van der Waals surface area (Å²) in [5.74, 6) is 1.11. The van der Waals surface area contributed by atoms with E-state index in [4.69, 9.17) is 26.8 Å². The Balaban J connectivity index is 2.17. The van der Waals surface area contributed by atoms with Gasteiger partial charge in [-0.15, -0.1) is 0 Å². The Hall–Kier alpha value is -1.46. The van der Waals surface area contributed by atoms with E-state index in [2.05, 4.69) is 5.32 Å². The van der Waals surface area contributed by atoms with Gasteiger partial charge < -0.3 is 20.5 Å². The number of hydrogen-bond acceptors (Lipinski definition) is 4. The Morgan fingerprint density at radius 3 is 2.86 bits per heavy atom. The fraction of sp³-hybridized carbons (Fsp3) is 0.562. The van der Waals surface area contributed by atoms with Crippen molar-refractivity contribution in [2.45, 2.75) is 32.2 Å². The summed E-state index contributed by atoms with van der Waals surface area (Å²) < 4.78 is 10.7. The van der Waals surface area contributed by atoms with Gasteiger partial charge in [-0.3, -0.25) is 4.79 Å². The molecule has 0 heterocycles. The van der Waals surface area contributed by atoms with E-state index in [0.29, 0.717) is 41.2 Å². The number of halogens is 1. The van der Waals surface area contributed by atoms with Crippen molar-refractivity contribution in [2.75, 3.05) is 20.3 Å². The van der Waals surface area contributed by atoms with Gasteiger partial charge in [0, 0.05) is 11.6 Å². The second-order valence-corrected chi connectivity index (χ2v) is 5.84. The molecular formula is C16H23ClN2O3. The molecule has 0 radical (unpaired) electrons. The topological polar surface area (TPSA) is 73.6 Å². The third-order valence-corrected chi connectivity index (χ3v) is 4.34. The van der Waals surface area contributed by atoms with E-state index in [-0.39, 0.29) is 11.9 Å². The summed E-state index contributed by atoms with van der Waals surface area (Å²) in [5.41, 5.74) is 6.22. The van der Waals surface area contributed by atoms with Crippen LogP contribution >= 0.6 is 11.6 Å². The average molecular weight is 327 g/mol. The number of carbonyl (C=O) groups excluding carboxylic acids is 1. The van der Waals surface area contributed by atoms with Gasteiger partial charge in [0.2, 0.25) is 0 Å². The Kier molecular flexibility index (Phi) is 5.91. The van der Waals surface area contributed by atoms with Crippen molar-refractivity contribution < 1.29 is 14.3 Å². The number of methoxy groups -OCH3 is 1.